The van der Waals surface area contributed by atoms with Gasteiger partial charge in [-0.3, -0.25) is 4.79 Å². The van der Waals surface area contributed by atoms with E-state index >= 15 is 0 Å². The largest absolute Gasteiger partial charge is 0.350 e. The first-order chi connectivity index (χ1) is 13.9. The predicted octanol–water partition coefficient (Wildman–Crippen LogP) is 3.91. The van der Waals surface area contributed by atoms with Crippen molar-refractivity contribution in [3.05, 3.63) is 82.9 Å². The van der Waals surface area contributed by atoms with Gasteiger partial charge in [0.15, 0.2) is 0 Å². The molecule has 2 aromatic carbocycles. The number of likely N-dealkylation sites (N-methyl/N-ethyl adjacent to an activating group) is 1. The van der Waals surface area contributed by atoms with Crippen molar-refractivity contribution >= 4 is 5.91 Å². The highest BCUT2D eigenvalue weighted by Crippen LogP contribution is 2.20. The van der Waals surface area contributed by atoms with Gasteiger partial charge < -0.3 is 10.2 Å². The molecule has 1 N–H and O–H groups in total. The Labute approximate surface area is 171 Å². The zero-order chi connectivity index (χ0) is 21.0. The normalized spacial score (nSPS) is 12.2. The van der Waals surface area contributed by atoms with E-state index in [1.807, 2.05) is 67.9 Å². The Hall–Kier alpha value is -2.99. The number of amides is 1. The SMILES string of the molecule is CCc1c(C(=O)NC[C@@H](c2cccc(F)c2)N(C)C)cnn1-c1ccc(C)cc1. The topological polar surface area (TPSA) is 50.2 Å². The monoisotopic (exact) mass is 394 g/mol. The average Bonchev–Trinajstić information content (AvgIpc) is 3.12. The maximum Gasteiger partial charge on any atom is 0.254 e. The van der Waals surface area contributed by atoms with Gasteiger partial charge in [0.05, 0.1) is 29.2 Å². The third kappa shape index (κ3) is 4.71. The van der Waals surface area contributed by atoms with Crippen molar-refractivity contribution < 1.29 is 9.18 Å². The van der Waals surface area contributed by atoms with E-state index in [0.717, 1.165) is 16.9 Å². The first-order valence-corrected chi connectivity index (χ1v) is 9.74. The average molecular weight is 394 g/mol. The molecule has 3 rings (SSSR count). The molecule has 0 saturated carbocycles. The summed E-state index contributed by atoms with van der Waals surface area (Å²) in [7, 11) is 3.82. The lowest BCUT2D eigenvalue weighted by molar-refractivity contribution is 0.0941. The van der Waals surface area contributed by atoms with Gasteiger partial charge in [-0.1, -0.05) is 36.8 Å². The fraction of sp³-hybridized carbons (Fsp3) is 0.304. The van der Waals surface area contributed by atoms with Crippen LogP contribution < -0.4 is 5.32 Å². The number of hydrogen-bond donors (Lipinski definition) is 1. The van der Waals surface area contributed by atoms with Crippen molar-refractivity contribution in [1.29, 1.82) is 0 Å². The summed E-state index contributed by atoms with van der Waals surface area (Å²) in [6.07, 6.45) is 2.29. The highest BCUT2D eigenvalue weighted by molar-refractivity contribution is 5.95. The highest BCUT2D eigenvalue weighted by Gasteiger charge is 2.20. The standard InChI is InChI=1S/C23H27FN4O/c1-5-21-20(14-26-28(21)19-11-9-16(2)10-12-19)23(29)25-15-22(27(3)4)17-7-6-8-18(24)13-17/h6-14,22H,5,15H2,1-4H3,(H,25,29)/t22-/m0/s1. The Morgan fingerprint density at radius 1 is 1.21 bits per heavy atom. The number of carbonyl (C=O) groups is 1. The molecule has 0 aliphatic carbocycles. The molecule has 1 amide bonds. The van der Waals surface area contributed by atoms with Crippen LogP contribution in [0.4, 0.5) is 4.39 Å². The van der Waals surface area contributed by atoms with Gasteiger partial charge in [0.1, 0.15) is 5.82 Å². The summed E-state index contributed by atoms with van der Waals surface area (Å²) < 4.78 is 15.4. The van der Waals surface area contributed by atoms with Crippen molar-refractivity contribution in [1.82, 2.24) is 20.0 Å². The summed E-state index contributed by atoms with van der Waals surface area (Å²) >= 11 is 0. The minimum absolute atomic E-state index is 0.133. The maximum absolute atomic E-state index is 13.6. The Balaban J connectivity index is 1.79. The second-order valence-electron chi connectivity index (χ2n) is 7.35. The van der Waals surface area contributed by atoms with E-state index in [1.165, 1.54) is 17.7 Å². The van der Waals surface area contributed by atoms with E-state index in [9.17, 15) is 9.18 Å². The van der Waals surface area contributed by atoms with Crippen LogP contribution in [0.1, 0.15) is 40.1 Å². The van der Waals surface area contributed by atoms with E-state index in [4.69, 9.17) is 0 Å². The summed E-state index contributed by atoms with van der Waals surface area (Å²) in [6.45, 7) is 4.41. The molecule has 0 aliphatic heterocycles. The highest BCUT2D eigenvalue weighted by atomic mass is 19.1. The first-order valence-electron chi connectivity index (χ1n) is 9.74. The van der Waals surface area contributed by atoms with E-state index in [-0.39, 0.29) is 17.8 Å². The smallest absolute Gasteiger partial charge is 0.254 e. The van der Waals surface area contributed by atoms with Crippen LogP contribution >= 0.6 is 0 Å². The van der Waals surface area contributed by atoms with Crippen LogP contribution in [0.2, 0.25) is 0 Å². The molecular formula is C23H27FN4O. The number of rotatable bonds is 7. The second kappa shape index (κ2) is 9.01. The van der Waals surface area contributed by atoms with Crippen molar-refractivity contribution in [3.63, 3.8) is 0 Å². The summed E-state index contributed by atoms with van der Waals surface area (Å²) in [5.41, 5.74) is 4.34. The minimum atomic E-state index is -0.284. The van der Waals surface area contributed by atoms with Gasteiger partial charge in [0.2, 0.25) is 0 Å². The van der Waals surface area contributed by atoms with E-state index in [0.29, 0.717) is 18.5 Å². The zero-order valence-electron chi connectivity index (χ0n) is 17.3. The molecule has 0 unspecified atom stereocenters. The van der Waals surface area contributed by atoms with Crippen LogP contribution in [0.25, 0.3) is 5.69 Å². The van der Waals surface area contributed by atoms with Crippen molar-refractivity contribution in [3.8, 4) is 5.69 Å². The van der Waals surface area contributed by atoms with Crippen LogP contribution in [0.5, 0.6) is 0 Å². The third-order valence-electron chi connectivity index (χ3n) is 5.04. The molecule has 5 nitrogen and oxygen atoms in total. The van der Waals surface area contributed by atoms with Crippen molar-refractivity contribution in [2.24, 2.45) is 0 Å². The molecule has 0 saturated heterocycles. The second-order valence-corrected chi connectivity index (χ2v) is 7.35. The lowest BCUT2D eigenvalue weighted by Gasteiger charge is -2.25. The van der Waals surface area contributed by atoms with E-state index in [1.54, 1.807) is 12.3 Å². The Bertz CT molecular complexity index is 979. The van der Waals surface area contributed by atoms with E-state index in [2.05, 4.69) is 10.4 Å². The number of halogens is 1. The summed E-state index contributed by atoms with van der Waals surface area (Å²) in [5.74, 6) is -0.461. The van der Waals surface area contributed by atoms with Gasteiger partial charge in [-0.25, -0.2) is 9.07 Å². The van der Waals surface area contributed by atoms with Gasteiger partial charge in [-0.2, -0.15) is 5.10 Å². The number of aromatic nitrogens is 2. The number of nitrogens with zero attached hydrogens (tertiary/aromatic N) is 3. The van der Waals surface area contributed by atoms with Crippen LogP contribution in [0, 0.1) is 12.7 Å². The first kappa shape index (κ1) is 20.7. The van der Waals surface area contributed by atoms with E-state index < -0.39 is 0 Å². The molecule has 0 fully saturated rings. The number of benzene rings is 2. The molecule has 0 spiro atoms. The molecule has 152 valence electrons. The fourth-order valence-electron chi connectivity index (χ4n) is 3.41. The summed E-state index contributed by atoms with van der Waals surface area (Å²) in [5, 5.41) is 7.43. The number of nitrogens with one attached hydrogen (secondary N) is 1. The minimum Gasteiger partial charge on any atom is -0.350 e. The van der Waals surface area contributed by atoms with Crippen molar-refractivity contribution in [2.45, 2.75) is 26.3 Å². The molecule has 0 bridgehead atoms. The molecule has 1 aromatic heterocycles. The lowest BCUT2D eigenvalue weighted by Crippen LogP contribution is -2.34. The Morgan fingerprint density at radius 3 is 2.55 bits per heavy atom. The maximum atomic E-state index is 13.6. The third-order valence-corrected chi connectivity index (χ3v) is 5.04. The number of hydrogen-bond acceptors (Lipinski definition) is 3. The molecule has 3 aromatic rings. The summed E-state index contributed by atoms with van der Waals surface area (Å²) in [4.78, 5) is 14.9. The van der Waals surface area contributed by atoms with Crippen LogP contribution in [0.3, 0.4) is 0 Å². The summed E-state index contributed by atoms with van der Waals surface area (Å²) in [6, 6.07) is 14.4. The number of carbonyl (C=O) groups excluding carboxylic acids is 1. The molecule has 1 atom stereocenters. The molecular weight excluding hydrogens is 367 g/mol. The fourth-order valence-corrected chi connectivity index (χ4v) is 3.41. The van der Waals surface area contributed by atoms with Gasteiger partial charge in [-0.05, 0) is 57.3 Å². The van der Waals surface area contributed by atoms with Gasteiger partial charge in [0.25, 0.3) is 5.91 Å². The predicted molar refractivity (Wildman–Crippen MR) is 113 cm³/mol. The van der Waals surface area contributed by atoms with Gasteiger partial charge in [-0.15, -0.1) is 0 Å². The van der Waals surface area contributed by atoms with Crippen LogP contribution in [0.15, 0.2) is 54.7 Å². The van der Waals surface area contributed by atoms with Crippen molar-refractivity contribution in [2.75, 3.05) is 20.6 Å². The lowest BCUT2D eigenvalue weighted by atomic mass is 10.1. The van der Waals surface area contributed by atoms with Crippen LogP contribution in [-0.2, 0) is 6.42 Å². The van der Waals surface area contributed by atoms with Gasteiger partial charge >= 0.3 is 0 Å². The Morgan fingerprint density at radius 2 is 1.93 bits per heavy atom. The zero-order valence-corrected chi connectivity index (χ0v) is 17.3. The Kier molecular flexibility index (Phi) is 6.44. The molecule has 1 heterocycles. The van der Waals surface area contributed by atoms with Gasteiger partial charge in [0, 0.05) is 6.54 Å². The molecule has 29 heavy (non-hydrogen) atoms. The molecule has 6 heteroatoms. The quantitative estimate of drug-likeness (QED) is 0.661. The molecule has 0 aliphatic rings. The molecule has 0 radical (unpaired) electrons. The number of aryl methyl sites for hydroxylation is 1. The van der Waals surface area contributed by atoms with Crippen LogP contribution in [-0.4, -0.2) is 41.2 Å².